The average Bonchev–Trinajstić information content (AvgIpc) is 3.07. The summed E-state index contributed by atoms with van der Waals surface area (Å²) in [5, 5.41) is 7.84. The number of likely N-dealkylation sites (tertiary alicyclic amines) is 1. The molecule has 2 rings (SSSR count). The third-order valence-corrected chi connectivity index (χ3v) is 3.62. The van der Waals surface area contributed by atoms with Crippen LogP contribution in [0.15, 0.2) is 10.2 Å². The van der Waals surface area contributed by atoms with E-state index in [1.54, 1.807) is 0 Å². The standard InChI is InChI=1S/C13H16F3N3O/c1-2-3-5-12(17-18-12)6-4-11(20)19-8-10(9-19)7-13(14,15)16/h1,10H,3-9H2. The quantitative estimate of drug-likeness (QED) is 0.693. The third kappa shape index (κ3) is 3.95. The van der Waals surface area contributed by atoms with E-state index in [4.69, 9.17) is 6.42 Å². The first kappa shape index (κ1) is 14.8. The van der Waals surface area contributed by atoms with E-state index < -0.39 is 24.2 Å². The first-order chi connectivity index (χ1) is 9.34. The number of carbonyl (C=O) groups is 1. The van der Waals surface area contributed by atoms with Crippen LogP contribution < -0.4 is 0 Å². The van der Waals surface area contributed by atoms with Gasteiger partial charge >= 0.3 is 6.18 Å². The van der Waals surface area contributed by atoms with Crippen LogP contribution in [0.4, 0.5) is 13.2 Å². The maximum absolute atomic E-state index is 12.1. The molecule has 0 aliphatic carbocycles. The van der Waals surface area contributed by atoms with Crippen molar-refractivity contribution in [3.05, 3.63) is 0 Å². The minimum absolute atomic E-state index is 0.124. The highest BCUT2D eigenvalue weighted by Gasteiger charge is 2.42. The monoisotopic (exact) mass is 287 g/mol. The molecule has 0 aromatic heterocycles. The fraction of sp³-hybridized carbons (Fsp3) is 0.769. The molecule has 7 heteroatoms. The van der Waals surface area contributed by atoms with E-state index in [2.05, 4.69) is 16.1 Å². The smallest absolute Gasteiger partial charge is 0.342 e. The molecule has 0 atom stereocenters. The molecule has 1 saturated heterocycles. The second-order valence-corrected chi connectivity index (χ2v) is 5.37. The van der Waals surface area contributed by atoms with Gasteiger partial charge in [0.2, 0.25) is 5.91 Å². The molecule has 110 valence electrons. The summed E-state index contributed by atoms with van der Waals surface area (Å²) in [7, 11) is 0. The molecule has 0 unspecified atom stereocenters. The highest BCUT2D eigenvalue weighted by molar-refractivity contribution is 5.77. The normalized spacial score (nSPS) is 20.4. The van der Waals surface area contributed by atoms with Crippen molar-refractivity contribution in [1.29, 1.82) is 0 Å². The molecule has 0 spiro atoms. The van der Waals surface area contributed by atoms with Crippen molar-refractivity contribution in [2.45, 2.75) is 43.9 Å². The predicted molar refractivity (Wildman–Crippen MR) is 65.6 cm³/mol. The van der Waals surface area contributed by atoms with Crippen molar-refractivity contribution in [2.24, 2.45) is 16.1 Å². The number of halogens is 3. The molecular weight excluding hydrogens is 271 g/mol. The van der Waals surface area contributed by atoms with Gasteiger partial charge in [-0.05, 0) is 0 Å². The first-order valence-corrected chi connectivity index (χ1v) is 6.56. The highest BCUT2D eigenvalue weighted by Crippen LogP contribution is 2.38. The van der Waals surface area contributed by atoms with Crippen molar-refractivity contribution < 1.29 is 18.0 Å². The molecule has 1 fully saturated rings. The Morgan fingerprint density at radius 2 is 2.00 bits per heavy atom. The van der Waals surface area contributed by atoms with Gasteiger partial charge in [-0.3, -0.25) is 4.79 Å². The predicted octanol–water partition coefficient (Wildman–Crippen LogP) is 2.75. The van der Waals surface area contributed by atoms with Crippen LogP contribution in [0, 0.1) is 18.3 Å². The Balaban J connectivity index is 1.64. The fourth-order valence-corrected chi connectivity index (χ4v) is 2.36. The molecule has 4 nitrogen and oxygen atoms in total. The number of hydrogen-bond donors (Lipinski definition) is 0. The molecule has 2 aliphatic rings. The summed E-state index contributed by atoms with van der Waals surface area (Å²) in [5.41, 5.74) is -0.502. The Labute approximate surface area is 115 Å². The van der Waals surface area contributed by atoms with Crippen LogP contribution in [-0.4, -0.2) is 35.7 Å². The maximum Gasteiger partial charge on any atom is 0.389 e. The zero-order valence-corrected chi connectivity index (χ0v) is 11.0. The number of carbonyl (C=O) groups excluding carboxylic acids is 1. The second-order valence-electron chi connectivity index (χ2n) is 5.37. The largest absolute Gasteiger partial charge is 0.389 e. The Bertz CT molecular complexity index is 441. The van der Waals surface area contributed by atoms with Gasteiger partial charge in [0.25, 0.3) is 0 Å². The minimum Gasteiger partial charge on any atom is -0.342 e. The summed E-state index contributed by atoms with van der Waals surface area (Å²) in [4.78, 5) is 13.3. The van der Waals surface area contributed by atoms with Crippen LogP contribution in [0.5, 0.6) is 0 Å². The van der Waals surface area contributed by atoms with E-state index in [0.29, 0.717) is 19.3 Å². The Morgan fingerprint density at radius 3 is 2.50 bits per heavy atom. The van der Waals surface area contributed by atoms with Gasteiger partial charge in [0.1, 0.15) is 0 Å². The molecule has 0 aromatic carbocycles. The molecular formula is C13H16F3N3O. The zero-order valence-electron chi connectivity index (χ0n) is 11.0. The molecule has 0 aromatic rings. The van der Waals surface area contributed by atoms with E-state index in [9.17, 15) is 18.0 Å². The lowest BCUT2D eigenvalue weighted by Crippen LogP contribution is -2.51. The van der Waals surface area contributed by atoms with Crippen LogP contribution in [0.1, 0.15) is 32.1 Å². The van der Waals surface area contributed by atoms with Crippen LogP contribution in [0.3, 0.4) is 0 Å². The molecule has 0 N–H and O–H groups in total. The van der Waals surface area contributed by atoms with Crippen LogP contribution in [0.25, 0.3) is 0 Å². The van der Waals surface area contributed by atoms with E-state index in [1.165, 1.54) is 4.90 Å². The SMILES string of the molecule is C#CCCC1(CCC(=O)N2CC(CC(F)(F)F)C2)N=N1. The number of nitrogens with zero attached hydrogens (tertiary/aromatic N) is 3. The summed E-state index contributed by atoms with van der Waals surface area (Å²) in [6, 6.07) is 0. The van der Waals surface area contributed by atoms with Gasteiger partial charge in [0.15, 0.2) is 5.66 Å². The molecule has 2 aliphatic heterocycles. The van der Waals surface area contributed by atoms with E-state index in [0.717, 1.165) is 0 Å². The van der Waals surface area contributed by atoms with Crippen LogP contribution in [0.2, 0.25) is 0 Å². The minimum atomic E-state index is -4.15. The highest BCUT2D eigenvalue weighted by atomic mass is 19.4. The van der Waals surface area contributed by atoms with Crippen molar-refractivity contribution in [3.63, 3.8) is 0 Å². The average molecular weight is 287 g/mol. The number of alkyl halides is 3. The maximum atomic E-state index is 12.1. The van der Waals surface area contributed by atoms with Gasteiger partial charge in [0, 0.05) is 51.1 Å². The third-order valence-electron chi connectivity index (χ3n) is 3.62. The molecule has 0 saturated carbocycles. The van der Waals surface area contributed by atoms with Gasteiger partial charge in [-0.1, -0.05) is 0 Å². The molecule has 2 heterocycles. The lowest BCUT2D eigenvalue weighted by molar-refractivity contribution is -0.163. The van der Waals surface area contributed by atoms with E-state index in [-0.39, 0.29) is 25.4 Å². The van der Waals surface area contributed by atoms with Gasteiger partial charge in [-0.15, -0.1) is 12.3 Å². The van der Waals surface area contributed by atoms with Gasteiger partial charge in [-0.25, -0.2) is 0 Å². The lowest BCUT2D eigenvalue weighted by atomic mass is 9.94. The first-order valence-electron chi connectivity index (χ1n) is 6.56. The summed E-state index contributed by atoms with van der Waals surface area (Å²) < 4.78 is 36.4. The molecule has 1 amide bonds. The Hall–Kier alpha value is -1.58. The van der Waals surface area contributed by atoms with Crippen molar-refractivity contribution >= 4 is 5.91 Å². The number of hydrogen-bond acceptors (Lipinski definition) is 3. The van der Waals surface area contributed by atoms with Gasteiger partial charge in [0.05, 0.1) is 0 Å². The summed E-state index contributed by atoms with van der Waals surface area (Å²) in [6.07, 6.45) is 2.14. The summed E-state index contributed by atoms with van der Waals surface area (Å²) >= 11 is 0. The van der Waals surface area contributed by atoms with Crippen molar-refractivity contribution in [3.8, 4) is 12.3 Å². The number of amides is 1. The van der Waals surface area contributed by atoms with Gasteiger partial charge in [-0.2, -0.15) is 23.4 Å². The second kappa shape index (κ2) is 5.43. The van der Waals surface area contributed by atoms with Gasteiger partial charge < -0.3 is 4.90 Å². The van der Waals surface area contributed by atoms with Crippen molar-refractivity contribution in [1.82, 2.24) is 4.90 Å². The topological polar surface area (TPSA) is 45.0 Å². The zero-order chi connectivity index (χ0) is 14.8. The Morgan fingerprint density at radius 1 is 1.35 bits per heavy atom. The van der Waals surface area contributed by atoms with Crippen molar-refractivity contribution in [2.75, 3.05) is 13.1 Å². The molecule has 0 radical (unpaired) electrons. The fourth-order valence-electron chi connectivity index (χ4n) is 2.36. The van der Waals surface area contributed by atoms with E-state index in [1.807, 2.05) is 0 Å². The molecule has 20 heavy (non-hydrogen) atoms. The summed E-state index contributed by atoms with van der Waals surface area (Å²) in [5.74, 6) is 1.92. The summed E-state index contributed by atoms with van der Waals surface area (Å²) in [6.45, 7) is 0.397. The number of terminal acetylenes is 1. The number of rotatable bonds is 6. The lowest BCUT2D eigenvalue weighted by Gasteiger charge is -2.39. The molecule has 0 bridgehead atoms. The van der Waals surface area contributed by atoms with Crippen LogP contribution in [-0.2, 0) is 4.79 Å². The van der Waals surface area contributed by atoms with E-state index >= 15 is 0 Å². The van der Waals surface area contributed by atoms with Crippen LogP contribution >= 0.6 is 0 Å². The Kier molecular flexibility index (Phi) is 4.02.